The summed E-state index contributed by atoms with van der Waals surface area (Å²) < 4.78 is 6.59. The maximum absolute atomic E-state index is 6.59. The lowest BCUT2D eigenvalue weighted by atomic mass is 9.88. The SMILES string of the molecule is c1cncc(-c2ccc(-c3nc(-c4cc(-c5cc6ccccc6c6ccccc56)cc(-c5cc6ccccc6c6ccccc56)c4)nc(-c4cccc5c4oc4ccccc45)n3)cc2)c1. The Morgan fingerprint density at radius 1 is 0.292 bits per heavy atom. The van der Waals surface area contributed by atoms with Crippen LogP contribution in [0.4, 0.5) is 0 Å². The van der Waals surface area contributed by atoms with E-state index in [1.54, 1.807) is 6.20 Å². The van der Waals surface area contributed by atoms with Crippen LogP contribution in [-0.4, -0.2) is 19.9 Å². The molecule has 0 bridgehead atoms. The van der Waals surface area contributed by atoms with Crippen molar-refractivity contribution in [1.82, 2.24) is 19.9 Å². The van der Waals surface area contributed by atoms with E-state index in [0.717, 1.165) is 72.0 Å². The number of nitrogens with zero attached hydrogens (tertiary/aromatic N) is 4. The molecule has 0 fully saturated rings. The fourth-order valence-electron chi connectivity index (χ4n) is 9.68. The molecule has 0 aliphatic heterocycles. The van der Waals surface area contributed by atoms with Crippen molar-refractivity contribution in [2.75, 3.05) is 0 Å². The molecule has 0 atom stereocenters. The number of benzene rings is 10. The van der Waals surface area contributed by atoms with Gasteiger partial charge in [-0.05, 0) is 125 Å². The molecule has 0 saturated carbocycles. The van der Waals surface area contributed by atoms with E-state index in [4.69, 9.17) is 19.4 Å². The van der Waals surface area contributed by atoms with E-state index in [2.05, 4.69) is 181 Å². The molecule has 10 aromatic carbocycles. The minimum atomic E-state index is 0.533. The zero-order valence-corrected chi connectivity index (χ0v) is 35.0. The number of aromatic nitrogens is 4. The van der Waals surface area contributed by atoms with E-state index in [-0.39, 0.29) is 0 Å². The highest BCUT2D eigenvalue weighted by Gasteiger charge is 2.20. The molecule has 5 heteroatoms. The highest BCUT2D eigenvalue weighted by Crippen LogP contribution is 2.42. The maximum atomic E-state index is 6.59. The number of rotatable bonds is 6. The zero-order chi connectivity index (χ0) is 42.8. The van der Waals surface area contributed by atoms with Crippen LogP contribution in [0.3, 0.4) is 0 Å². The molecule has 0 unspecified atom stereocenters. The highest BCUT2D eigenvalue weighted by molar-refractivity contribution is 6.16. The first-order valence-corrected chi connectivity index (χ1v) is 21.8. The van der Waals surface area contributed by atoms with Gasteiger partial charge in [-0.25, -0.2) is 15.0 Å². The van der Waals surface area contributed by atoms with Crippen molar-refractivity contribution in [3.8, 4) is 67.5 Å². The molecule has 0 spiro atoms. The molecule has 13 rings (SSSR count). The third kappa shape index (κ3) is 6.24. The fraction of sp³-hybridized carbons (Fsp3) is 0. The first-order valence-electron chi connectivity index (χ1n) is 21.8. The normalized spacial score (nSPS) is 11.7. The smallest absolute Gasteiger partial charge is 0.167 e. The first-order chi connectivity index (χ1) is 32.2. The second-order valence-electron chi connectivity index (χ2n) is 16.6. The summed E-state index contributed by atoms with van der Waals surface area (Å²) >= 11 is 0. The van der Waals surface area contributed by atoms with Gasteiger partial charge in [-0.15, -0.1) is 0 Å². The predicted molar refractivity (Wildman–Crippen MR) is 268 cm³/mol. The first kappa shape index (κ1) is 36.8. The third-order valence-electron chi connectivity index (χ3n) is 12.8. The quantitative estimate of drug-likeness (QED) is 0.156. The van der Waals surface area contributed by atoms with Gasteiger partial charge in [0.2, 0.25) is 0 Å². The molecule has 0 aliphatic carbocycles. The van der Waals surface area contributed by atoms with Crippen LogP contribution < -0.4 is 0 Å². The second kappa shape index (κ2) is 14.9. The number of pyridine rings is 1. The van der Waals surface area contributed by atoms with Crippen molar-refractivity contribution in [2.45, 2.75) is 0 Å². The zero-order valence-electron chi connectivity index (χ0n) is 35.0. The summed E-state index contributed by atoms with van der Waals surface area (Å²) in [6.45, 7) is 0. The molecule has 5 nitrogen and oxygen atoms in total. The van der Waals surface area contributed by atoms with Crippen LogP contribution in [0.5, 0.6) is 0 Å². The van der Waals surface area contributed by atoms with E-state index < -0.39 is 0 Å². The minimum Gasteiger partial charge on any atom is -0.455 e. The standard InChI is InChI=1S/C60H36N4O/c1-3-16-45-39(13-1)34-54(49-20-7-5-18-47(45)49)42-31-43(55-35-40-14-2-4-17-46(40)48-19-6-8-21-50(48)55)33-44(32-42)59-62-58(38-28-26-37(27-29-38)41-15-12-30-61-36-41)63-60(64-59)53-24-11-23-52-51-22-9-10-25-56(51)65-57(52)53/h1-36H. The summed E-state index contributed by atoms with van der Waals surface area (Å²) in [5.74, 6) is 1.66. The van der Waals surface area contributed by atoms with Gasteiger partial charge in [-0.2, -0.15) is 0 Å². The van der Waals surface area contributed by atoms with Crippen molar-refractivity contribution in [3.63, 3.8) is 0 Å². The summed E-state index contributed by atoms with van der Waals surface area (Å²) in [5, 5.41) is 11.7. The van der Waals surface area contributed by atoms with Crippen LogP contribution in [0.15, 0.2) is 223 Å². The highest BCUT2D eigenvalue weighted by atomic mass is 16.3. The van der Waals surface area contributed by atoms with Crippen LogP contribution >= 0.6 is 0 Å². The average molecular weight is 829 g/mol. The summed E-state index contributed by atoms with van der Waals surface area (Å²) in [6, 6.07) is 73.0. The van der Waals surface area contributed by atoms with Crippen LogP contribution in [0.1, 0.15) is 0 Å². The average Bonchev–Trinajstić information content (AvgIpc) is 3.77. The van der Waals surface area contributed by atoms with Gasteiger partial charge >= 0.3 is 0 Å². The molecule has 0 radical (unpaired) electrons. The van der Waals surface area contributed by atoms with Crippen LogP contribution in [0, 0.1) is 0 Å². The molecular formula is C60H36N4O. The minimum absolute atomic E-state index is 0.533. The summed E-state index contributed by atoms with van der Waals surface area (Å²) in [6.07, 6.45) is 3.67. The van der Waals surface area contributed by atoms with E-state index in [0.29, 0.717) is 17.5 Å². The Morgan fingerprint density at radius 2 is 0.800 bits per heavy atom. The van der Waals surface area contributed by atoms with Crippen molar-refractivity contribution < 1.29 is 4.42 Å². The van der Waals surface area contributed by atoms with Gasteiger partial charge in [0, 0.05) is 34.3 Å². The molecule has 3 aromatic heterocycles. The topological polar surface area (TPSA) is 64.7 Å². The van der Waals surface area contributed by atoms with Gasteiger partial charge in [0.05, 0.1) is 5.56 Å². The van der Waals surface area contributed by atoms with Gasteiger partial charge in [0.1, 0.15) is 11.2 Å². The van der Waals surface area contributed by atoms with Crippen molar-refractivity contribution >= 4 is 65.0 Å². The van der Waals surface area contributed by atoms with Gasteiger partial charge in [-0.1, -0.05) is 158 Å². The summed E-state index contributed by atoms with van der Waals surface area (Å²) in [4.78, 5) is 20.3. The van der Waals surface area contributed by atoms with Crippen LogP contribution in [0.25, 0.3) is 133 Å². The lowest BCUT2D eigenvalue weighted by molar-refractivity contribution is 0.669. The molecular weight excluding hydrogens is 793 g/mol. The maximum Gasteiger partial charge on any atom is 0.167 e. The Balaban J connectivity index is 1.09. The second-order valence-corrected chi connectivity index (χ2v) is 16.6. The molecule has 0 saturated heterocycles. The molecule has 65 heavy (non-hydrogen) atoms. The van der Waals surface area contributed by atoms with E-state index in [1.165, 1.54) is 43.1 Å². The number of fused-ring (bicyclic) bond motifs is 9. The predicted octanol–water partition coefficient (Wildman–Crippen LogP) is 15.8. The van der Waals surface area contributed by atoms with Crippen molar-refractivity contribution in [2.24, 2.45) is 0 Å². The largest absolute Gasteiger partial charge is 0.455 e. The van der Waals surface area contributed by atoms with Crippen molar-refractivity contribution in [1.29, 1.82) is 0 Å². The third-order valence-corrected chi connectivity index (χ3v) is 12.8. The van der Waals surface area contributed by atoms with Gasteiger partial charge in [-0.3, -0.25) is 4.98 Å². The van der Waals surface area contributed by atoms with Gasteiger partial charge in [0.25, 0.3) is 0 Å². The molecule has 0 aliphatic rings. The molecule has 3 heterocycles. The number of para-hydroxylation sites is 2. The molecule has 13 aromatic rings. The molecule has 0 amide bonds. The molecule has 0 N–H and O–H groups in total. The van der Waals surface area contributed by atoms with Crippen LogP contribution in [-0.2, 0) is 0 Å². The van der Waals surface area contributed by atoms with E-state index in [9.17, 15) is 0 Å². The molecule has 302 valence electrons. The Bertz CT molecular complexity index is 3870. The monoisotopic (exact) mass is 828 g/mol. The van der Waals surface area contributed by atoms with Crippen LogP contribution in [0.2, 0.25) is 0 Å². The van der Waals surface area contributed by atoms with E-state index in [1.807, 2.05) is 36.5 Å². The van der Waals surface area contributed by atoms with Gasteiger partial charge in [0.15, 0.2) is 17.5 Å². The van der Waals surface area contributed by atoms with Crippen molar-refractivity contribution in [3.05, 3.63) is 219 Å². The summed E-state index contributed by atoms with van der Waals surface area (Å²) in [7, 11) is 0. The van der Waals surface area contributed by atoms with E-state index >= 15 is 0 Å². The Labute approximate surface area is 374 Å². The fourth-order valence-corrected chi connectivity index (χ4v) is 9.68. The lowest BCUT2D eigenvalue weighted by Gasteiger charge is -2.16. The Kier molecular flexibility index (Phi) is 8.46. The lowest BCUT2D eigenvalue weighted by Crippen LogP contribution is -2.01. The number of furan rings is 1. The Hall–Kier alpha value is -8.80. The van der Waals surface area contributed by atoms with Gasteiger partial charge < -0.3 is 4.42 Å². The summed E-state index contributed by atoms with van der Waals surface area (Å²) in [5.41, 5.74) is 10.6. The Morgan fingerprint density at radius 3 is 1.43 bits per heavy atom. The number of hydrogen-bond acceptors (Lipinski definition) is 5. The number of hydrogen-bond donors (Lipinski definition) is 0.